The lowest BCUT2D eigenvalue weighted by Crippen LogP contribution is -1.88. The van der Waals surface area contributed by atoms with E-state index in [2.05, 4.69) is 59.4 Å². The van der Waals surface area contributed by atoms with E-state index in [1.165, 1.54) is 48.8 Å². The van der Waals surface area contributed by atoms with Crippen molar-refractivity contribution in [1.29, 1.82) is 0 Å². The summed E-state index contributed by atoms with van der Waals surface area (Å²) in [4.78, 5) is 0. The van der Waals surface area contributed by atoms with Crippen molar-refractivity contribution < 1.29 is 0 Å². The maximum absolute atomic E-state index is 3.81. The summed E-state index contributed by atoms with van der Waals surface area (Å²) in [5.74, 6) is 0.904. The quantitative estimate of drug-likeness (QED) is 0.450. The first kappa shape index (κ1) is 23.2. The molecule has 0 heteroatoms. The topological polar surface area (TPSA) is 0 Å². The second-order valence-corrected chi connectivity index (χ2v) is 6.05. The second-order valence-electron chi connectivity index (χ2n) is 6.05. The fourth-order valence-corrected chi connectivity index (χ4v) is 2.20. The predicted octanol–water partition coefficient (Wildman–Crippen LogP) is 7.84. The molecule has 1 aromatic carbocycles. The van der Waals surface area contributed by atoms with Crippen LogP contribution in [0.4, 0.5) is 0 Å². The molecule has 0 saturated heterocycles. The molecule has 0 aromatic heterocycles. The summed E-state index contributed by atoms with van der Waals surface area (Å²) in [6.45, 7) is 19.0. The molecule has 0 radical (unpaired) electrons. The van der Waals surface area contributed by atoms with Crippen LogP contribution >= 0.6 is 0 Å². The molecule has 0 N–H and O–H groups in total. The van der Waals surface area contributed by atoms with Gasteiger partial charge in [-0.1, -0.05) is 110 Å². The van der Waals surface area contributed by atoms with E-state index in [1.54, 1.807) is 0 Å². The number of benzene rings is 1. The number of hydrogen-bond acceptors (Lipinski definition) is 0. The molecule has 0 fully saturated rings. The molecule has 0 unspecified atom stereocenters. The third-order valence-corrected chi connectivity index (χ3v) is 3.43. The van der Waals surface area contributed by atoms with Crippen LogP contribution in [-0.2, 0) is 6.42 Å². The van der Waals surface area contributed by atoms with Crippen molar-refractivity contribution in [2.45, 2.75) is 87.0 Å². The highest BCUT2D eigenvalue weighted by Gasteiger charge is 1.97. The Kier molecular flexibility index (Phi) is 17.2. The molecule has 0 aliphatic rings. The molecule has 0 bridgehead atoms. The van der Waals surface area contributed by atoms with Crippen molar-refractivity contribution in [2.24, 2.45) is 5.92 Å². The number of hydrogen-bond donors (Lipinski definition) is 0. The average molecular weight is 305 g/mol. The van der Waals surface area contributed by atoms with Gasteiger partial charge in [0.25, 0.3) is 0 Å². The van der Waals surface area contributed by atoms with E-state index >= 15 is 0 Å². The molecule has 0 aliphatic heterocycles. The van der Waals surface area contributed by atoms with E-state index in [0.29, 0.717) is 0 Å². The highest BCUT2D eigenvalue weighted by Crippen LogP contribution is 2.14. The molecule has 0 atom stereocenters. The summed E-state index contributed by atoms with van der Waals surface area (Å²) in [6.07, 6.45) is 9.90. The van der Waals surface area contributed by atoms with E-state index in [-0.39, 0.29) is 0 Å². The minimum absolute atomic E-state index is 0.904. The molecule has 128 valence electrons. The fourth-order valence-electron chi connectivity index (χ4n) is 2.20. The van der Waals surface area contributed by atoms with Crippen molar-refractivity contribution in [3.05, 3.63) is 41.5 Å². The first-order valence-corrected chi connectivity index (χ1v) is 9.27. The lowest BCUT2D eigenvalue weighted by atomic mass is 10.0. The van der Waals surface area contributed by atoms with Gasteiger partial charge in [-0.15, -0.1) is 0 Å². The SMILES string of the molecule is C=Cc1cc(C)ccc1CCC.CC.CCCCCC(C)C. The highest BCUT2D eigenvalue weighted by molar-refractivity contribution is 5.53. The van der Waals surface area contributed by atoms with Gasteiger partial charge in [0.1, 0.15) is 0 Å². The van der Waals surface area contributed by atoms with Crippen LogP contribution in [0.3, 0.4) is 0 Å². The van der Waals surface area contributed by atoms with E-state index in [0.717, 1.165) is 12.3 Å². The molecule has 0 saturated carbocycles. The predicted molar refractivity (Wildman–Crippen MR) is 106 cm³/mol. The molecule has 0 aliphatic carbocycles. The van der Waals surface area contributed by atoms with Gasteiger partial charge in [0.15, 0.2) is 0 Å². The molecule has 0 spiro atoms. The molecule has 22 heavy (non-hydrogen) atoms. The zero-order valence-corrected chi connectivity index (χ0v) is 16.3. The number of unbranched alkanes of at least 4 members (excludes halogenated alkanes) is 2. The summed E-state index contributed by atoms with van der Waals surface area (Å²) in [5.41, 5.74) is 4.01. The Labute approximate surface area is 141 Å². The van der Waals surface area contributed by atoms with Gasteiger partial charge < -0.3 is 0 Å². The summed E-state index contributed by atoms with van der Waals surface area (Å²) in [7, 11) is 0. The summed E-state index contributed by atoms with van der Waals surface area (Å²) >= 11 is 0. The smallest absolute Gasteiger partial charge is 0.0228 e. The van der Waals surface area contributed by atoms with Gasteiger partial charge in [-0.05, 0) is 30.4 Å². The normalized spacial score (nSPS) is 9.45. The Balaban J connectivity index is 0. The molecule has 1 rings (SSSR count). The maximum atomic E-state index is 3.81. The third-order valence-electron chi connectivity index (χ3n) is 3.43. The van der Waals surface area contributed by atoms with Gasteiger partial charge in [0.2, 0.25) is 0 Å². The van der Waals surface area contributed by atoms with E-state index in [1.807, 2.05) is 19.9 Å². The van der Waals surface area contributed by atoms with Gasteiger partial charge in [0, 0.05) is 0 Å². The van der Waals surface area contributed by atoms with Gasteiger partial charge in [-0.3, -0.25) is 0 Å². The molecular formula is C22H40. The first-order valence-electron chi connectivity index (χ1n) is 9.27. The summed E-state index contributed by atoms with van der Waals surface area (Å²) in [6, 6.07) is 6.56. The van der Waals surface area contributed by atoms with Crippen LogP contribution in [0.1, 0.15) is 90.3 Å². The Morgan fingerprint density at radius 3 is 2.14 bits per heavy atom. The lowest BCUT2D eigenvalue weighted by molar-refractivity contribution is 0.534. The molecule has 1 aromatic rings. The van der Waals surface area contributed by atoms with Crippen LogP contribution in [0.5, 0.6) is 0 Å². The molecular weight excluding hydrogens is 264 g/mol. The Hall–Kier alpha value is -1.04. The van der Waals surface area contributed by atoms with Crippen LogP contribution in [0, 0.1) is 12.8 Å². The third kappa shape index (κ3) is 12.7. The van der Waals surface area contributed by atoms with Crippen molar-refractivity contribution in [2.75, 3.05) is 0 Å². The molecule has 0 nitrogen and oxygen atoms in total. The minimum Gasteiger partial charge on any atom is -0.0985 e. The minimum atomic E-state index is 0.904. The number of aryl methyl sites for hydroxylation is 2. The van der Waals surface area contributed by atoms with Crippen molar-refractivity contribution in [1.82, 2.24) is 0 Å². The van der Waals surface area contributed by atoms with Crippen LogP contribution in [0.2, 0.25) is 0 Å². The number of rotatable bonds is 7. The van der Waals surface area contributed by atoms with Crippen LogP contribution in [-0.4, -0.2) is 0 Å². The van der Waals surface area contributed by atoms with Gasteiger partial charge in [-0.25, -0.2) is 0 Å². The van der Waals surface area contributed by atoms with Gasteiger partial charge in [0.05, 0.1) is 0 Å². The second kappa shape index (κ2) is 16.3. The van der Waals surface area contributed by atoms with Crippen molar-refractivity contribution in [3.63, 3.8) is 0 Å². The Morgan fingerprint density at radius 2 is 1.68 bits per heavy atom. The maximum Gasteiger partial charge on any atom is -0.0228 e. The van der Waals surface area contributed by atoms with E-state index < -0.39 is 0 Å². The zero-order valence-electron chi connectivity index (χ0n) is 16.3. The van der Waals surface area contributed by atoms with Crippen LogP contribution in [0.15, 0.2) is 24.8 Å². The highest BCUT2D eigenvalue weighted by atomic mass is 14.0. The monoisotopic (exact) mass is 304 g/mol. The van der Waals surface area contributed by atoms with Crippen LogP contribution < -0.4 is 0 Å². The van der Waals surface area contributed by atoms with E-state index in [9.17, 15) is 0 Å². The first-order chi connectivity index (χ1) is 10.5. The molecule has 0 heterocycles. The Morgan fingerprint density at radius 1 is 1.05 bits per heavy atom. The van der Waals surface area contributed by atoms with Crippen molar-refractivity contribution >= 4 is 6.08 Å². The molecule has 0 amide bonds. The fraction of sp³-hybridized carbons (Fsp3) is 0.636. The largest absolute Gasteiger partial charge is 0.0985 e. The lowest BCUT2D eigenvalue weighted by Gasteiger charge is -2.04. The summed E-state index contributed by atoms with van der Waals surface area (Å²) < 4.78 is 0. The zero-order chi connectivity index (χ0) is 17.4. The Bertz CT molecular complexity index is 360. The van der Waals surface area contributed by atoms with Crippen LogP contribution in [0.25, 0.3) is 6.08 Å². The van der Waals surface area contributed by atoms with Gasteiger partial charge >= 0.3 is 0 Å². The average Bonchev–Trinajstić information content (AvgIpc) is 2.52. The van der Waals surface area contributed by atoms with Crippen molar-refractivity contribution in [3.8, 4) is 0 Å². The van der Waals surface area contributed by atoms with E-state index in [4.69, 9.17) is 0 Å². The summed E-state index contributed by atoms with van der Waals surface area (Å²) in [5, 5.41) is 0. The van der Waals surface area contributed by atoms with Gasteiger partial charge in [-0.2, -0.15) is 0 Å². The standard InChI is InChI=1S/C12H16.C8H18.C2H6/c1-4-6-12-8-7-10(3)9-11(12)5-2;1-4-5-6-7-8(2)3;1-2/h5,7-9H,2,4,6H2,1,3H3;8H,4-7H2,1-3H3;1-2H3.